The molecule has 3 saturated heterocycles. The molecule has 51 heavy (non-hydrogen) atoms. The first-order valence-corrected chi connectivity index (χ1v) is 18.3. The highest BCUT2D eigenvalue weighted by atomic mass is 35.5. The molecule has 11 nitrogen and oxygen atoms in total. The lowest BCUT2D eigenvalue weighted by molar-refractivity contribution is -0.137. The summed E-state index contributed by atoms with van der Waals surface area (Å²) in [5.41, 5.74) is 0.911. The van der Waals surface area contributed by atoms with Crippen LogP contribution in [0.25, 0.3) is 0 Å². The molecule has 15 heteroatoms. The number of urea groups is 2. The number of likely N-dealkylation sites (tertiary alicyclic amines) is 2. The Morgan fingerprint density at radius 2 is 1.59 bits per heavy atom. The van der Waals surface area contributed by atoms with Gasteiger partial charge in [0.15, 0.2) is 0 Å². The van der Waals surface area contributed by atoms with Crippen LogP contribution in [0.3, 0.4) is 0 Å². The Balaban J connectivity index is 1.13. The van der Waals surface area contributed by atoms with Crippen LogP contribution in [0.4, 0.5) is 34.1 Å². The van der Waals surface area contributed by atoms with E-state index in [1.807, 2.05) is 29.2 Å². The van der Waals surface area contributed by atoms with Crippen LogP contribution in [0.1, 0.15) is 42.4 Å². The average Bonchev–Trinajstić information content (AvgIpc) is 3.29. The molecule has 4 aliphatic heterocycles. The monoisotopic (exact) mass is 732 g/mol. The van der Waals surface area contributed by atoms with Gasteiger partial charge in [-0.1, -0.05) is 29.8 Å². The molecular formula is C36H48ClF3N8O3. The molecule has 2 aromatic carbocycles. The Kier molecular flexibility index (Phi) is 11.5. The molecule has 0 radical (unpaired) electrons. The van der Waals surface area contributed by atoms with Crippen LogP contribution in [0.5, 0.6) is 0 Å². The van der Waals surface area contributed by atoms with Gasteiger partial charge in [0.1, 0.15) is 6.04 Å². The van der Waals surface area contributed by atoms with Gasteiger partial charge in [0, 0.05) is 77.1 Å². The van der Waals surface area contributed by atoms with E-state index in [-0.39, 0.29) is 40.7 Å². The zero-order valence-electron chi connectivity index (χ0n) is 29.3. The van der Waals surface area contributed by atoms with Gasteiger partial charge in [-0.15, -0.1) is 0 Å². The van der Waals surface area contributed by atoms with Crippen molar-refractivity contribution in [2.75, 3.05) is 83.6 Å². The molecule has 6 rings (SSSR count). The molecule has 3 N–H and O–H groups in total. The van der Waals surface area contributed by atoms with Crippen molar-refractivity contribution in [3.8, 4) is 0 Å². The smallest absolute Gasteiger partial charge is 0.386 e. The second kappa shape index (κ2) is 15.9. The third-order valence-corrected chi connectivity index (χ3v) is 11.2. The van der Waals surface area contributed by atoms with E-state index in [4.69, 9.17) is 11.6 Å². The summed E-state index contributed by atoms with van der Waals surface area (Å²) in [6.45, 7) is 5.70. The summed E-state index contributed by atoms with van der Waals surface area (Å²) >= 11 is 6.31. The number of anilines is 2. The number of carbonyl (C=O) groups excluding carboxylic acids is 3. The zero-order chi connectivity index (χ0) is 36.3. The third-order valence-electron chi connectivity index (χ3n) is 10.9. The predicted molar refractivity (Wildman–Crippen MR) is 191 cm³/mol. The van der Waals surface area contributed by atoms with Crippen LogP contribution >= 0.6 is 11.6 Å². The molecule has 0 bridgehead atoms. The summed E-state index contributed by atoms with van der Waals surface area (Å²) in [6, 6.07) is 8.84. The van der Waals surface area contributed by atoms with Gasteiger partial charge in [-0.2, -0.15) is 13.2 Å². The number of nitrogens with zero attached hydrogens (tertiary/aromatic N) is 5. The highest BCUT2D eigenvalue weighted by molar-refractivity contribution is 6.33. The number of halogens is 4. The van der Waals surface area contributed by atoms with Crippen molar-refractivity contribution in [3.05, 3.63) is 58.1 Å². The number of para-hydroxylation sites is 1. The zero-order valence-corrected chi connectivity index (χ0v) is 30.0. The van der Waals surface area contributed by atoms with E-state index in [0.29, 0.717) is 64.7 Å². The fraction of sp³-hybridized carbons (Fsp3) is 0.583. The number of carbonyl (C=O) groups is 3. The Hall–Kier alpha value is -3.75. The molecule has 1 unspecified atom stereocenters. The van der Waals surface area contributed by atoms with Crippen molar-refractivity contribution in [3.63, 3.8) is 0 Å². The van der Waals surface area contributed by atoms with Crippen molar-refractivity contribution < 1.29 is 27.6 Å². The summed E-state index contributed by atoms with van der Waals surface area (Å²) in [7, 11) is 3.49. The summed E-state index contributed by atoms with van der Waals surface area (Å²) in [5.74, 6) is -0.329. The first-order chi connectivity index (χ1) is 24.4. The molecule has 5 amide bonds. The van der Waals surface area contributed by atoms with Gasteiger partial charge in [-0.25, -0.2) is 9.59 Å². The van der Waals surface area contributed by atoms with Gasteiger partial charge < -0.3 is 35.6 Å². The maximum atomic E-state index is 14.1. The van der Waals surface area contributed by atoms with E-state index < -0.39 is 23.8 Å². The lowest BCUT2D eigenvalue weighted by Crippen LogP contribution is -2.59. The maximum absolute atomic E-state index is 14.1. The van der Waals surface area contributed by atoms with E-state index in [1.165, 1.54) is 13.1 Å². The number of nitrogens with one attached hydrogen (secondary N) is 3. The van der Waals surface area contributed by atoms with Gasteiger partial charge >= 0.3 is 18.2 Å². The normalized spacial score (nSPS) is 20.7. The minimum absolute atomic E-state index is 0.0599. The predicted octanol–water partition coefficient (Wildman–Crippen LogP) is 4.81. The quantitative estimate of drug-likeness (QED) is 0.378. The molecule has 2 aromatic rings. The van der Waals surface area contributed by atoms with Crippen molar-refractivity contribution in [1.82, 2.24) is 29.8 Å². The van der Waals surface area contributed by atoms with Crippen molar-refractivity contribution in [2.24, 2.45) is 0 Å². The van der Waals surface area contributed by atoms with Crippen molar-refractivity contribution in [1.29, 1.82) is 0 Å². The third kappa shape index (κ3) is 8.66. The van der Waals surface area contributed by atoms with E-state index in [0.717, 1.165) is 49.7 Å². The Morgan fingerprint density at radius 1 is 0.922 bits per heavy atom. The summed E-state index contributed by atoms with van der Waals surface area (Å²) in [6.07, 6.45) is -0.849. The maximum Gasteiger partial charge on any atom is 0.418 e. The molecule has 4 aliphatic rings. The molecule has 0 saturated carbocycles. The summed E-state index contributed by atoms with van der Waals surface area (Å²) < 4.78 is 42.1. The molecule has 0 aromatic heterocycles. The minimum atomic E-state index is -4.68. The molecule has 1 atom stereocenters. The number of rotatable bonds is 7. The second-order valence-electron chi connectivity index (χ2n) is 14.1. The number of fused-ring (bicyclic) bond motifs is 1. The number of amides is 5. The van der Waals surface area contributed by atoms with Gasteiger partial charge in [0.25, 0.3) is 0 Å². The van der Waals surface area contributed by atoms with E-state index in [9.17, 15) is 27.6 Å². The lowest BCUT2D eigenvalue weighted by Gasteiger charge is -2.43. The molecule has 4 heterocycles. The Bertz CT molecular complexity index is 1570. The largest absolute Gasteiger partial charge is 0.418 e. The molecule has 0 aliphatic carbocycles. The van der Waals surface area contributed by atoms with E-state index >= 15 is 0 Å². The second-order valence-corrected chi connectivity index (χ2v) is 14.5. The van der Waals surface area contributed by atoms with Crippen LogP contribution in [-0.4, -0.2) is 134 Å². The number of benzene rings is 2. The average molecular weight is 733 g/mol. The van der Waals surface area contributed by atoms with Crippen LogP contribution in [-0.2, 0) is 23.8 Å². The van der Waals surface area contributed by atoms with Crippen LogP contribution in [0, 0.1) is 0 Å². The number of piperidine rings is 2. The molecule has 0 spiro atoms. The molecule has 278 valence electrons. The van der Waals surface area contributed by atoms with E-state index in [1.54, 1.807) is 9.80 Å². The highest BCUT2D eigenvalue weighted by Gasteiger charge is 2.38. The number of piperazine rings is 1. The minimum Gasteiger partial charge on any atom is -0.386 e. The summed E-state index contributed by atoms with van der Waals surface area (Å²) in [5, 5.41) is 8.31. The molecule has 3 fully saturated rings. The SMILES string of the molecule is CNc1c(Cl)cc(CC(NC(=O)N2CCC(N3CCc4ccccc4NC3=O)CC2)C(=O)N2CCN(C3CCN(C)CC3)CC2)cc1C(F)(F)F. The van der Waals surface area contributed by atoms with Crippen molar-refractivity contribution in [2.45, 2.75) is 62.8 Å². The number of hydrogen-bond acceptors (Lipinski definition) is 6. The summed E-state index contributed by atoms with van der Waals surface area (Å²) in [4.78, 5) is 50.9. The molecular weight excluding hydrogens is 685 g/mol. The van der Waals surface area contributed by atoms with Gasteiger partial charge in [-0.3, -0.25) is 9.69 Å². The fourth-order valence-electron chi connectivity index (χ4n) is 7.94. The first kappa shape index (κ1) is 37.0. The lowest BCUT2D eigenvalue weighted by atomic mass is 9.99. The highest BCUT2D eigenvalue weighted by Crippen LogP contribution is 2.39. The van der Waals surface area contributed by atoms with Gasteiger partial charge in [-0.05, 0) is 81.6 Å². The topological polar surface area (TPSA) is 103 Å². The number of alkyl halides is 3. The Morgan fingerprint density at radius 3 is 2.25 bits per heavy atom. The van der Waals surface area contributed by atoms with Gasteiger partial charge in [0.2, 0.25) is 5.91 Å². The van der Waals surface area contributed by atoms with Crippen LogP contribution in [0.2, 0.25) is 5.02 Å². The van der Waals surface area contributed by atoms with E-state index in [2.05, 4.69) is 32.8 Å². The number of hydrogen-bond donors (Lipinski definition) is 3. The van der Waals surface area contributed by atoms with Gasteiger partial charge in [0.05, 0.1) is 16.3 Å². The standard InChI is InChI=1S/C36H48ClF3N8O3/c1-41-32-28(36(38,39)40)21-24(22-29(32)37)23-31(33(49)46-19-17-45(18-20-46)26-8-12-44(2)13-9-26)43-34(50)47-14-10-27(11-15-47)48-16-7-25-5-3-4-6-30(25)42-35(48)51/h3-6,21-22,26-27,31,41H,7-20,23H2,1-2H3,(H,42,51)(H,43,50). The Labute approximate surface area is 302 Å². The van der Waals surface area contributed by atoms with Crippen molar-refractivity contribution >= 4 is 40.9 Å². The van der Waals surface area contributed by atoms with Crippen LogP contribution < -0.4 is 16.0 Å². The fourth-order valence-corrected chi connectivity index (χ4v) is 8.28. The first-order valence-electron chi connectivity index (χ1n) is 17.9. The van der Waals surface area contributed by atoms with Crippen LogP contribution in [0.15, 0.2) is 36.4 Å².